The number of methoxy groups -OCH3 is 1. The Kier molecular flexibility index (Phi) is 5.84. The van der Waals surface area contributed by atoms with E-state index in [0.717, 1.165) is 17.5 Å². The molecule has 7 heteroatoms. The van der Waals surface area contributed by atoms with Crippen LogP contribution in [0.1, 0.15) is 18.9 Å². The molecule has 0 saturated carbocycles. The van der Waals surface area contributed by atoms with Gasteiger partial charge < -0.3 is 27.3 Å². The molecule has 0 bridgehead atoms. The first-order valence-corrected chi connectivity index (χ1v) is 7.92. The Bertz CT molecular complexity index is 785. The topological polar surface area (TPSA) is 129 Å². The molecule has 2 rings (SSSR count). The van der Waals surface area contributed by atoms with Gasteiger partial charge in [-0.15, -0.1) is 0 Å². The molecule has 1 amide bonds. The van der Waals surface area contributed by atoms with Gasteiger partial charge in [0.25, 0.3) is 5.91 Å². The van der Waals surface area contributed by atoms with E-state index >= 15 is 0 Å². The summed E-state index contributed by atoms with van der Waals surface area (Å²) in [5.74, 6) is 0.102. The number of rotatable bonds is 6. The Hall–Kier alpha value is -3.22. The summed E-state index contributed by atoms with van der Waals surface area (Å²) < 4.78 is 5.06. The maximum Gasteiger partial charge on any atom is 0.269 e. The van der Waals surface area contributed by atoms with E-state index in [1.54, 1.807) is 31.5 Å². The highest BCUT2D eigenvalue weighted by atomic mass is 16.5. The number of nitrogen functional groups attached to an aromatic ring is 1. The minimum absolute atomic E-state index is 0.0508. The monoisotopic (exact) mass is 341 g/mol. The Labute approximate surface area is 146 Å². The largest absolute Gasteiger partial charge is 0.481 e. The predicted octanol–water partition coefficient (Wildman–Crippen LogP) is 1.45. The van der Waals surface area contributed by atoms with Crippen LogP contribution in [0, 0.1) is 0 Å². The number of carbonyl (C=O) groups is 1. The second kappa shape index (κ2) is 8.05. The second-order valence-corrected chi connectivity index (χ2v) is 5.44. The minimum Gasteiger partial charge on any atom is -0.481 e. The van der Waals surface area contributed by atoms with E-state index in [4.69, 9.17) is 21.9 Å². The van der Waals surface area contributed by atoms with Crippen molar-refractivity contribution < 1.29 is 9.53 Å². The standard InChI is InChI=1S/C18H23N5O2/c1-3-9-22-18(24)17(21)16(20)13-6-4-5-12(15(13)19)11-7-8-14(25-2)23-10-11/h4-8,10H,3,9,19-21H2,1-2H3,(H,22,24)/b17-16+. The first kappa shape index (κ1) is 18.1. The molecule has 25 heavy (non-hydrogen) atoms. The lowest BCUT2D eigenvalue weighted by atomic mass is 9.99. The Morgan fingerprint density at radius 1 is 1.24 bits per heavy atom. The molecule has 1 aromatic heterocycles. The van der Waals surface area contributed by atoms with Crippen LogP contribution in [0.4, 0.5) is 5.69 Å². The first-order chi connectivity index (χ1) is 12.0. The van der Waals surface area contributed by atoms with Crippen LogP contribution in [-0.2, 0) is 4.79 Å². The predicted molar refractivity (Wildman–Crippen MR) is 99.2 cm³/mol. The summed E-state index contributed by atoms with van der Waals surface area (Å²) in [6.07, 6.45) is 2.46. The highest BCUT2D eigenvalue weighted by Crippen LogP contribution is 2.31. The average molecular weight is 341 g/mol. The van der Waals surface area contributed by atoms with Gasteiger partial charge in [0.1, 0.15) is 5.70 Å². The number of anilines is 1. The van der Waals surface area contributed by atoms with Gasteiger partial charge in [-0.1, -0.05) is 25.1 Å². The quantitative estimate of drug-likeness (QED) is 0.465. The summed E-state index contributed by atoms with van der Waals surface area (Å²) in [5.41, 5.74) is 20.8. The van der Waals surface area contributed by atoms with Crippen molar-refractivity contribution in [3.05, 3.63) is 47.8 Å². The Morgan fingerprint density at radius 3 is 2.60 bits per heavy atom. The lowest BCUT2D eigenvalue weighted by Gasteiger charge is -2.14. The zero-order valence-electron chi connectivity index (χ0n) is 14.4. The van der Waals surface area contributed by atoms with Crippen LogP contribution in [0.5, 0.6) is 5.88 Å². The summed E-state index contributed by atoms with van der Waals surface area (Å²) in [7, 11) is 1.55. The molecule has 7 N–H and O–H groups in total. The van der Waals surface area contributed by atoms with Crippen molar-refractivity contribution in [3.8, 4) is 17.0 Å². The third kappa shape index (κ3) is 4.00. The fraction of sp³-hybridized carbons (Fsp3) is 0.222. The fourth-order valence-electron chi connectivity index (χ4n) is 2.31. The zero-order valence-corrected chi connectivity index (χ0v) is 14.4. The third-order valence-corrected chi connectivity index (χ3v) is 3.72. The highest BCUT2D eigenvalue weighted by molar-refractivity contribution is 6.01. The van der Waals surface area contributed by atoms with Gasteiger partial charge in [0.15, 0.2) is 0 Å². The summed E-state index contributed by atoms with van der Waals surface area (Å²) >= 11 is 0. The van der Waals surface area contributed by atoms with Crippen LogP contribution in [0.25, 0.3) is 16.8 Å². The molecule has 1 heterocycles. The Morgan fingerprint density at radius 2 is 2.00 bits per heavy atom. The van der Waals surface area contributed by atoms with Gasteiger partial charge >= 0.3 is 0 Å². The normalized spacial score (nSPS) is 11.6. The number of nitrogens with two attached hydrogens (primary N) is 3. The van der Waals surface area contributed by atoms with E-state index in [-0.39, 0.29) is 11.4 Å². The minimum atomic E-state index is -0.407. The van der Waals surface area contributed by atoms with Crippen LogP contribution >= 0.6 is 0 Å². The van der Waals surface area contributed by atoms with Crippen molar-refractivity contribution in [2.45, 2.75) is 13.3 Å². The lowest BCUT2D eigenvalue weighted by molar-refractivity contribution is -0.117. The summed E-state index contributed by atoms with van der Waals surface area (Å²) in [6, 6.07) is 8.97. The van der Waals surface area contributed by atoms with E-state index in [0.29, 0.717) is 23.7 Å². The molecule has 2 aromatic rings. The first-order valence-electron chi connectivity index (χ1n) is 7.92. The molecule has 0 aliphatic carbocycles. The van der Waals surface area contributed by atoms with Crippen molar-refractivity contribution in [2.75, 3.05) is 19.4 Å². The van der Waals surface area contributed by atoms with Gasteiger partial charge in [0, 0.05) is 41.2 Å². The van der Waals surface area contributed by atoms with Crippen molar-refractivity contribution in [1.82, 2.24) is 10.3 Å². The van der Waals surface area contributed by atoms with Crippen molar-refractivity contribution in [3.63, 3.8) is 0 Å². The molecule has 1 aromatic carbocycles. The maximum absolute atomic E-state index is 12.0. The summed E-state index contributed by atoms with van der Waals surface area (Å²) in [6.45, 7) is 2.48. The van der Waals surface area contributed by atoms with Gasteiger partial charge in [0.2, 0.25) is 5.88 Å². The smallest absolute Gasteiger partial charge is 0.269 e. The molecule has 0 spiro atoms. The Balaban J connectivity index is 2.41. The fourth-order valence-corrected chi connectivity index (χ4v) is 2.31. The van der Waals surface area contributed by atoms with Crippen LogP contribution in [-0.4, -0.2) is 24.5 Å². The molecule has 132 valence electrons. The van der Waals surface area contributed by atoms with Gasteiger partial charge in [-0.05, 0) is 12.5 Å². The van der Waals surface area contributed by atoms with Crippen molar-refractivity contribution >= 4 is 17.3 Å². The average Bonchev–Trinajstić information content (AvgIpc) is 2.65. The number of para-hydroxylation sites is 1. The highest BCUT2D eigenvalue weighted by Gasteiger charge is 2.15. The maximum atomic E-state index is 12.0. The van der Waals surface area contributed by atoms with E-state index < -0.39 is 5.91 Å². The molecule has 7 nitrogen and oxygen atoms in total. The second-order valence-electron chi connectivity index (χ2n) is 5.44. The number of nitrogens with one attached hydrogen (secondary N) is 1. The lowest BCUT2D eigenvalue weighted by Crippen LogP contribution is -2.31. The van der Waals surface area contributed by atoms with E-state index in [2.05, 4.69) is 10.3 Å². The number of ether oxygens (including phenoxy) is 1. The third-order valence-electron chi connectivity index (χ3n) is 3.72. The molecule has 0 aliphatic heterocycles. The molecular formula is C18H23N5O2. The number of carbonyl (C=O) groups excluding carboxylic acids is 1. The summed E-state index contributed by atoms with van der Waals surface area (Å²) in [5, 5.41) is 2.69. The van der Waals surface area contributed by atoms with Crippen LogP contribution < -0.4 is 27.3 Å². The molecule has 0 atom stereocenters. The number of hydrogen-bond donors (Lipinski definition) is 4. The van der Waals surface area contributed by atoms with Crippen LogP contribution in [0.2, 0.25) is 0 Å². The van der Waals surface area contributed by atoms with Gasteiger partial charge in [-0.3, -0.25) is 4.79 Å². The molecule has 0 saturated heterocycles. The van der Waals surface area contributed by atoms with E-state index in [1.165, 1.54) is 0 Å². The number of nitrogens with zero attached hydrogens (tertiary/aromatic N) is 1. The SMILES string of the molecule is CCCNC(=O)/C(N)=C(\N)c1cccc(-c2ccc(OC)nc2)c1N. The van der Waals surface area contributed by atoms with Gasteiger partial charge in [0.05, 0.1) is 12.8 Å². The van der Waals surface area contributed by atoms with E-state index in [9.17, 15) is 4.79 Å². The van der Waals surface area contributed by atoms with E-state index in [1.807, 2.05) is 19.1 Å². The van der Waals surface area contributed by atoms with Gasteiger partial charge in [-0.2, -0.15) is 0 Å². The van der Waals surface area contributed by atoms with Crippen molar-refractivity contribution in [1.29, 1.82) is 0 Å². The number of pyridine rings is 1. The molecule has 0 unspecified atom stereocenters. The summed E-state index contributed by atoms with van der Waals surface area (Å²) in [4.78, 5) is 16.2. The molecular weight excluding hydrogens is 318 g/mol. The number of aromatic nitrogens is 1. The van der Waals surface area contributed by atoms with Crippen molar-refractivity contribution in [2.24, 2.45) is 11.5 Å². The van der Waals surface area contributed by atoms with Crippen LogP contribution in [0.3, 0.4) is 0 Å². The number of hydrogen-bond acceptors (Lipinski definition) is 6. The van der Waals surface area contributed by atoms with Crippen LogP contribution in [0.15, 0.2) is 42.2 Å². The van der Waals surface area contributed by atoms with Gasteiger partial charge in [-0.25, -0.2) is 4.98 Å². The molecule has 0 aliphatic rings. The molecule has 0 fully saturated rings. The molecule has 0 radical (unpaired) electrons. The zero-order chi connectivity index (χ0) is 18.4. The number of benzene rings is 1. The number of amides is 1.